The van der Waals surface area contributed by atoms with Crippen LogP contribution in [0.1, 0.15) is 33.3 Å². The average molecular weight is 292 g/mol. The summed E-state index contributed by atoms with van der Waals surface area (Å²) in [5.41, 5.74) is 0.0417. The van der Waals surface area contributed by atoms with Gasteiger partial charge in [0.15, 0.2) is 5.78 Å². The first-order valence-corrected chi connectivity index (χ1v) is 6.55. The number of carbonyl (C=O) groups is 2. The number of aliphatic hydroxyl groups is 1. The van der Waals surface area contributed by atoms with Crippen LogP contribution in [0, 0.1) is 0 Å². The normalized spacial score (nSPS) is 12.4. The third kappa shape index (κ3) is 5.69. The molecule has 0 spiro atoms. The lowest BCUT2D eigenvalue weighted by molar-refractivity contribution is -0.154. The molecule has 1 aromatic carbocycles. The molecule has 5 nitrogen and oxygen atoms in total. The topological polar surface area (TPSA) is 72.8 Å². The summed E-state index contributed by atoms with van der Waals surface area (Å²) in [5.74, 6) is -2.74. The molecule has 0 saturated heterocycles. The molecule has 1 rings (SSSR count). The molecule has 0 aliphatic carbocycles. The van der Waals surface area contributed by atoms with Gasteiger partial charge in [-0.25, -0.2) is 4.79 Å². The van der Waals surface area contributed by atoms with Crippen molar-refractivity contribution in [3.63, 3.8) is 0 Å². The van der Waals surface area contributed by atoms with Crippen LogP contribution in [0.5, 0.6) is 0 Å². The van der Waals surface area contributed by atoms with Crippen LogP contribution < -0.4 is 0 Å². The standard InChI is InChI=1S/C16H20O5/c1-11(17)14(13(18)15(19)21-16(2,3)4)20-10-12-8-6-5-7-9-12/h5-9,18H,10H2,1-4H3. The van der Waals surface area contributed by atoms with Crippen LogP contribution in [0.4, 0.5) is 0 Å². The van der Waals surface area contributed by atoms with Crippen LogP contribution in [0.3, 0.4) is 0 Å². The summed E-state index contributed by atoms with van der Waals surface area (Å²) in [5, 5.41) is 9.85. The van der Waals surface area contributed by atoms with Crippen LogP contribution in [0.15, 0.2) is 41.9 Å². The Morgan fingerprint density at radius 3 is 2.19 bits per heavy atom. The van der Waals surface area contributed by atoms with Gasteiger partial charge in [0.25, 0.3) is 0 Å². The van der Waals surface area contributed by atoms with E-state index in [4.69, 9.17) is 9.47 Å². The minimum Gasteiger partial charge on any atom is -0.499 e. The SMILES string of the molecule is CC(=O)C(OCc1ccccc1)=C(O)C(=O)OC(C)(C)C. The molecular weight excluding hydrogens is 272 g/mol. The Balaban J connectivity index is 2.87. The molecule has 0 heterocycles. The van der Waals surface area contributed by atoms with Crippen LogP contribution >= 0.6 is 0 Å². The quantitative estimate of drug-likeness (QED) is 0.513. The van der Waals surface area contributed by atoms with E-state index in [9.17, 15) is 14.7 Å². The number of ketones is 1. The predicted molar refractivity (Wildman–Crippen MR) is 77.4 cm³/mol. The Kier molecular flexibility index (Phi) is 5.52. The highest BCUT2D eigenvalue weighted by Crippen LogP contribution is 2.15. The minimum absolute atomic E-state index is 0.0720. The van der Waals surface area contributed by atoms with E-state index in [1.54, 1.807) is 20.8 Å². The molecule has 0 unspecified atom stereocenters. The van der Waals surface area contributed by atoms with E-state index in [1.165, 1.54) is 6.92 Å². The Morgan fingerprint density at radius 1 is 1.14 bits per heavy atom. The smallest absolute Gasteiger partial charge is 0.378 e. The van der Waals surface area contributed by atoms with Crippen LogP contribution in [-0.4, -0.2) is 22.5 Å². The van der Waals surface area contributed by atoms with Gasteiger partial charge in [-0.2, -0.15) is 0 Å². The van der Waals surface area contributed by atoms with Gasteiger partial charge in [-0.1, -0.05) is 30.3 Å². The minimum atomic E-state index is -0.985. The zero-order chi connectivity index (χ0) is 16.0. The van der Waals surface area contributed by atoms with Crippen LogP contribution in [0.25, 0.3) is 0 Å². The van der Waals surface area contributed by atoms with Gasteiger partial charge in [0.05, 0.1) is 0 Å². The number of rotatable bonds is 5. The molecule has 5 heteroatoms. The fourth-order valence-corrected chi connectivity index (χ4v) is 1.49. The molecule has 0 aliphatic heterocycles. The summed E-state index contributed by atoms with van der Waals surface area (Å²) in [7, 11) is 0. The summed E-state index contributed by atoms with van der Waals surface area (Å²) >= 11 is 0. The maximum Gasteiger partial charge on any atom is 0.378 e. The van der Waals surface area contributed by atoms with Crippen molar-refractivity contribution in [2.75, 3.05) is 0 Å². The largest absolute Gasteiger partial charge is 0.499 e. The maximum absolute atomic E-state index is 11.8. The van der Waals surface area contributed by atoms with E-state index in [2.05, 4.69) is 0 Å². The molecule has 0 saturated carbocycles. The Hall–Kier alpha value is -2.30. The molecule has 21 heavy (non-hydrogen) atoms. The van der Waals surface area contributed by atoms with Crippen molar-refractivity contribution in [2.45, 2.75) is 39.9 Å². The van der Waals surface area contributed by atoms with E-state index >= 15 is 0 Å². The average Bonchev–Trinajstić information content (AvgIpc) is 2.37. The monoisotopic (exact) mass is 292 g/mol. The number of aliphatic hydroxyl groups excluding tert-OH is 1. The first kappa shape index (κ1) is 16.8. The summed E-state index contributed by atoms with van der Waals surface area (Å²) in [4.78, 5) is 23.3. The highest BCUT2D eigenvalue weighted by atomic mass is 16.6. The number of hydrogen-bond donors (Lipinski definition) is 1. The summed E-state index contributed by atoms with van der Waals surface area (Å²) in [6.45, 7) is 6.27. The van der Waals surface area contributed by atoms with Crippen molar-refractivity contribution < 1.29 is 24.2 Å². The van der Waals surface area contributed by atoms with Gasteiger partial charge in [-0.15, -0.1) is 0 Å². The van der Waals surface area contributed by atoms with E-state index < -0.39 is 28.9 Å². The van der Waals surface area contributed by atoms with Crippen molar-refractivity contribution in [2.24, 2.45) is 0 Å². The van der Waals surface area contributed by atoms with Gasteiger partial charge in [-0.3, -0.25) is 4.79 Å². The van der Waals surface area contributed by atoms with Gasteiger partial charge in [0.1, 0.15) is 12.2 Å². The van der Waals surface area contributed by atoms with Crippen LogP contribution in [-0.2, 0) is 25.7 Å². The predicted octanol–water partition coefficient (Wildman–Crippen LogP) is 2.90. The number of hydrogen-bond acceptors (Lipinski definition) is 5. The number of allylic oxidation sites excluding steroid dienone is 1. The molecule has 1 N–H and O–H groups in total. The van der Waals surface area contributed by atoms with Crippen molar-refractivity contribution in [3.8, 4) is 0 Å². The number of carbonyl (C=O) groups excluding carboxylic acids is 2. The maximum atomic E-state index is 11.8. The lowest BCUT2D eigenvalue weighted by Crippen LogP contribution is -2.26. The molecule has 0 aliphatic rings. The third-order valence-electron chi connectivity index (χ3n) is 2.35. The molecule has 0 aromatic heterocycles. The summed E-state index contributed by atoms with van der Waals surface area (Å²) in [6.07, 6.45) is 0. The van der Waals surface area contributed by atoms with Crippen LogP contribution in [0.2, 0.25) is 0 Å². The second-order valence-electron chi connectivity index (χ2n) is 5.51. The summed E-state index contributed by atoms with van der Waals surface area (Å²) in [6, 6.07) is 9.11. The molecule has 0 amide bonds. The van der Waals surface area contributed by atoms with Crippen molar-refractivity contribution in [1.82, 2.24) is 0 Å². The van der Waals surface area contributed by atoms with E-state index in [1.807, 2.05) is 30.3 Å². The van der Waals surface area contributed by atoms with Gasteiger partial charge >= 0.3 is 5.97 Å². The molecule has 1 aromatic rings. The van der Waals surface area contributed by atoms with Crippen molar-refractivity contribution in [3.05, 3.63) is 47.4 Å². The van der Waals surface area contributed by atoms with Gasteiger partial charge in [-0.05, 0) is 26.3 Å². The highest BCUT2D eigenvalue weighted by molar-refractivity contribution is 5.99. The zero-order valence-electron chi connectivity index (χ0n) is 12.7. The van der Waals surface area contributed by atoms with Gasteiger partial charge < -0.3 is 14.6 Å². The van der Waals surface area contributed by atoms with E-state index in [0.29, 0.717) is 0 Å². The number of Topliss-reactive ketones (excluding diaryl/α,β-unsaturated/α-hetero) is 1. The second-order valence-corrected chi connectivity index (χ2v) is 5.51. The van der Waals surface area contributed by atoms with Gasteiger partial charge in [0, 0.05) is 6.92 Å². The Bertz CT molecular complexity index is 538. The molecule has 0 fully saturated rings. The van der Waals surface area contributed by atoms with Crippen molar-refractivity contribution in [1.29, 1.82) is 0 Å². The van der Waals surface area contributed by atoms with E-state index in [-0.39, 0.29) is 6.61 Å². The third-order valence-corrected chi connectivity index (χ3v) is 2.35. The molecule has 0 radical (unpaired) electrons. The molecule has 114 valence electrons. The molecular formula is C16H20O5. The fourth-order valence-electron chi connectivity index (χ4n) is 1.49. The second kappa shape index (κ2) is 6.92. The highest BCUT2D eigenvalue weighted by Gasteiger charge is 2.25. The fraction of sp³-hybridized carbons (Fsp3) is 0.375. The molecule has 0 atom stereocenters. The lowest BCUT2D eigenvalue weighted by atomic mass is 10.2. The first-order chi connectivity index (χ1) is 9.70. The number of esters is 1. The zero-order valence-corrected chi connectivity index (χ0v) is 12.7. The lowest BCUT2D eigenvalue weighted by Gasteiger charge is -2.19. The van der Waals surface area contributed by atoms with E-state index in [0.717, 1.165) is 5.56 Å². The number of ether oxygens (including phenoxy) is 2. The Morgan fingerprint density at radius 2 is 1.71 bits per heavy atom. The molecule has 0 bridgehead atoms. The van der Waals surface area contributed by atoms with Crippen molar-refractivity contribution >= 4 is 11.8 Å². The number of benzene rings is 1. The summed E-state index contributed by atoms with van der Waals surface area (Å²) < 4.78 is 10.3. The Labute approximate surface area is 124 Å². The van der Waals surface area contributed by atoms with Gasteiger partial charge in [0.2, 0.25) is 11.5 Å². The first-order valence-electron chi connectivity index (χ1n) is 6.55.